The predicted molar refractivity (Wildman–Crippen MR) is 77.0 cm³/mol. The number of amides is 1. The summed E-state index contributed by atoms with van der Waals surface area (Å²) >= 11 is 0. The molecule has 1 saturated carbocycles. The number of hydrogen-bond acceptors (Lipinski definition) is 2. The molecule has 0 bridgehead atoms. The molecule has 1 aromatic carbocycles. The van der Waals surface area contributed by atoms with E-state index in [1.54, 1.807) is 0 Å². The van der Waals surface area contributed by atoms with E-state index in [0.717, 1.165) is 12.1 Å². The van der Waals surface area contributed by atoms with E-state index in [1.807, 2.05) is 18.2 Å². The Morgan fingerprint density at radius 1 is 1.21 bits per heavy atom. The number of rotatable bonds is 2. The molecule has 1 heterocycles. The van der Waals surface area contributed by atoms with Gasteiger partial charge in [0.2, 0.25) is 5.91 Å². The van der Waals surface area contributed by atoms with Crippen LogP contribution in [-0.4, -0.2) is 18.0 Å². The van der Waals surface area contributed by atoms with Gasteiger partial charge in [-0.15, -0.1) is 0 Å². The van der Waals surface area contributed by atoms with Gasteiger partial charge in [-0.2, -0.15) is 0 Å². The fraction of sp³-hybridized carbons (Fsp3) is 0.562. The van der Waals surface area contributed by atoms with Crippen LogP contribution in [0.15, 0.2) is 24.3 Å². The standard InChI is InChI=1S/C16H22N2O/c1-15(2)14(16(15,3)4)18-13(19)12-9-10-7-5-6-8-11(10)17-12/h5-8,12,14,17H,9H2,1-4H3,(H,18,19)/t12-/m0/s1. The van der Waals surface area contributed by atoms with E-state index in [9.17, 15) is 4.79 Å². The zero-order chi connectivity index (χ0) is 13.8. The second-order valence-electron chi connectivity index (χ2n) is 6.94. The van der Waals surface area contributed by atoms with Gasteiger partial charge in [0, 0.05) is 18.2 Å². The Hall–Kier alpha value is -1.51. The maximum atomic E-state index is 12.4. The summed E-state index contributed by atoms with van der Waals surface area (Å²) in [5.74, 6) is 0.125. The van der Waals surface area contributed by atoms with E-state index in [2.05, 4.69) is 44.4 Å². The third-order valence-electron chi connectivity index (χ3n) is 5.39. The summed E-state index contributed by atoms with van der Waals surface area (Å²) < 4.78 is 0. The number of carbonyl (C=O) groups excluding carboxylic acids is 1. The Bertz CT molecular complexity index is 494. The lowest BCUT2D eigenvalue weighted by Gasteiger charge is -2.13. The number of nitrogens with one attached hydrogen (secondary N) is 2. The molecule has 1 atom stereocenters. The van der Waals surface area contributed by atoms with Crippen molar-refractivity contribution in [2.24, 2.45) is 10.8 Å². The van der Waals surface area contributed by atoms with Crippen molar-refractivity contribution in [2.75, 3.05) is 5.32 Å². The van der Waals surface area contributed by atoms with Crippen molar-refractivity contribution in [3.63, 3.8) is 0 Å². The maximum absolute atomic E-state index is 12.4. The van der Waals surface area contributed by atoms with Gasteiger partial charge in [0.25, 0.3) is 0 Å². The molecule has 1 amide bonds. The van der Waals surface area contributed by atoms with Gasteiger partial charge in [0.1, 0.15) is 6.04 Å². The zero-order valence-corrected chi connectivity index (χ0v) is 12.1. The van der Waals surface area contributed by atoms with Gasteiger partial charge in [-0.25, -0.2) is 0 Å². The highest BCUT2D eigenvalue weighted by molar-refractivity contribution is 5.88. The van der Waals surface area contributed by atoms with Crippen LogP contribution in [0.4, 0.5) is 5.69 Å². The van der Waals surface area contributed by atoms with E-state index in [1.165, 1.54) is 5.56 Å². The van der Waals surface area contributed by atoms with Crippen molar-refractivity contribution >= 4 is 11.6 Å². The molecule has 3 nitrogen and oxygen atoms in total. The minimum atomic E-state index is -0.121. The molecule has 0 unspecified atom stereocenters. The number of fused-ring (bicyclic) bond motifs is 1. The van der Waals surface area contributed by atoms with Gasteiger partial charge in [-0.3, -0.25) is 4.79 Å². The van der Waals surface area contributed by atoms with Crippen LogP contribution in [0.3, 0.4) is 0 Å². The number of anilines is 1. The Labute approximate surface area is 114 Å². The van der Waals surface area contributed by atoms with Gasteiger partial charge < -0.3 is 10.6 Å². The SMILES string of the molecule is CC1(C)C(NC(=O)[C@@H]2Cc3ccccc3N2)C1(C)C. The zero-order valence-electron chi connectivity index (χ0n) is 12.1. The highest BCUT2D eigenvalue weighted by atomic mass is 16.2. The minimum absolute atomic E-state index is 0.121. The molecule has 3 rings (SSSR count). The first kappa shape index (κ1) is 12.5. The molecule has 102 valence electrons. The van der Waals surface area contributed by atoms with E-state index in [0.29, 0.717) is 0 Å². The quantitative estimate of drug-likeness (QED) is 0.856. The van der Waals surface area contributed by atoms with Crippen molar-refractivity contribution in [1.82, 2.24) is 5.32 Å². The first-order valence-corrected chi connectivity index (χ1v) is 6.99. The highest BCUT2D eigenvalue weighted by Crippen LogP contribution is 2.62. The lowest BCUT2D eigenvalue weighted by Crippen LogP contribution is -2.41. The molecule has 0 saturated heterocycles. The van der Waals surface area contributed by atoms with Crippen LogP contribution in [-0.2, 0) is 11.2 Å². The Morgan fingerprint density at radius 3 is 2.42 bits per heavy atom. The molecule has 1 aliphatic heterocycles. The fourth-order valence-electron chi connectivity index (χ4n) is 3.26. The lowest BCUT2D eigenvalue weighted by atomic mass is 10.0. The second-order valence-corrected chi connectivity index (χ2v) is 6.94. The van der Waals surface area contributed by atoms with Crippen LogP contribution in [0.5, 0.6) is 0 Å². The molecule has 19 heavy (non-hydrogen) atoms. The highest BCUT2D eigenvalue weighted by Gasteiger charge is 2.65. The molecule has 1 aromatic rings. The topological polar surface area (TPSA) is 41.1 Å². The molecular weight excluding hydrogens is 236 g/mol. The van der Waals surface area contributed by atoms with Gasteiger partial charge in [-0.05, 0) is 22.5 Å². The minimum Gasteiger partial charge on any atom is -0.373 e. The Morgan fingerprint density at radius 2 is 1.84 bits per heavy atom. The lowest BCUT2D eigenvalue weighted by molar-refractivity contribution is -0.122. The predicted octanol–water partition coefficient (Wildman–Crippen LogP) is 2.57. The van der Waals surface area contributed by atoms with Crippen molar-refractivity contribution in [2.45, 2.75) is 46.2 Å². The second kappa shape index (κ2) is 3.75. The van der Waals surface area contributed by atoms with Crippen LogP contribution in [0.1, 0.15) is 33.3 Å². The van der Waals surface area contributed by atoms with Crippen LogP contribution in [0.2, 0.25) is 0 Å². The molecule has 2 N–H and O–H groups in total. The van der Waals surface area contributed by atoms with Crippen molar-refractivity contribution < 1.29 is 4.79 Å². The fourth-order valence-corrected chi connectivity index (χ4v) is 3.26. The van der Waals surface area contributed by atoms with E-state index >= 15 is 0 Å². The summed E-state index contributed by atoms with van der Waals surface area (Å²) in [6.07, 6.45) is 0.787. The molecule has 2 aliphatic rings. The van der Waals surface area contributed by atoms with Gasteiger partial charge in [-0.1, -0.05) is 45.9 Å². The monoisotopic (exact) mass is 258 g/mol. The summed E-state index contributed by atoms with van der Waals surface area (Å²) in [5.41, 5.74) is 2.70. The van der Waals surface area contributed by atoms with Crippen LogP contribution in [0.25, 0.3) is 0 Å². The van der Waals surface area contributed by atoms with E-state index in [-0.39, 0.29) is 28.8 Å². The van der Waals surface area contributed by atoms with E-state index < -0.39 is 0 Å². The summed E-state index contributed by atoms with van der Waals surface area (Å²) in [5, 5.41) is 6.52. The average Bonchev–Trinajstić information content (AvgIpc) is 2.73. The van der Waals surface area contributed by atoms with Gasteiger partial charge in [0.15, 0.2) is 0 Å². The molecule has 1 aliphatic carbocycles. The van der Waals surface area contributed by atoms with Gasteiger partial charge >= 0.3 is 0 Å². The Kier molecular flexibility index (Phi) is 2.47. The summed E-state index contributed by atoms with van der Waals surface area (Å²) in [6.45, 7) is 8.87. The van der Waals surface area contributed by atoms with Crippen molar-refractivity contribution in [3.05, 3.63) is 29.8 Å². The van der Waals surface area contributed by atoms with Gasteiger partial charge in [0.05, 0.1) is 0 Å². The molecule has 3 heteroatoms. The first-order chi connectivity index (χ1) is 8.84. The van der Waals surface area contributed by atoms with Crippen LogP contribution >= 0.6 is 0 Å². The molecule has 0 radical (unpaired) electrons. The average molecular weight is 258 g/mol. The number of benzene rings is 1. The largest absolute Gasteiger partial charge is 0.373 e. The molecular formula is C16H22N2O. The number of para-hydroxylation sites is 1. The Balaban J connectivity index is 1.66. The summed E-state index contributed by atoms with van der Waals surface area (Å²) in [7, 11) is 0. The number of hydrogen-bond donors (Lipinski definition) is 2. The van der Waals surface area contributed by atoms with Crippen LogP contribution in [0, 0.1) is 10.8 Å². The third-order valence-corrected chi connectivity index (χ3v) is 5.39. The van der Waals surface area contributed by atoms with Crippen LogP contribution < -0.4 is 10.6 Å². The van der Waals surface area contributed by atoms with Crippen molar-refractivity contribution in [3.8, 4) is 0 Å². The molecule has 0 aromatic heterocycles. The van der Waals surface area contributed by atoms with E-state index in [4.69, 9.17) is 0 Å². The van der Waals surface area contributed by atoms with Crippen molar-refractivity contribution in [1.29, 1.82) is 0 Å². The summed E-state index contributed by atoms with van der Waals surface area (Å²) in [4.78, 5) is 12.4. The molecule has 0 spiro atoms. The first-order valence-electron chi connectivity index (χ1n) is 6.99. The smallest absolute Gasteiger partial charge is 0.243 e. The third kappa shape index (κ3) is 1.75. The maximum Gasteiger partial charge on any atom is 0.243 e. The number of carbonyl (C=O) groups is 1. The summed E-state index contributed by atoms with van der Waals surface area (Å²) in [6, 6.07) is 8.30. The normalized spacial score (nSPS) is 26.4. The molecule has 1 fully saturated rings.